The van der Waals surface area contributed by atoms with Gasteiger partial charge >= 0.3 is 0 Å². The lowest BCUT2D eigenvalue weighted by Gasteiger charge is -2.31. The van der Waals surface area contributed by atoms with Gasteiger partial charge in [-0.25, -0.2) is 9.50 Å². The number of amides is 1. The molecule has 0 spiro atoms. The molecule has 1 amide bonds. The Morgan fingerprint density at radius 1 is 1.17 bits per heavy atom. The van der Waals surface area contributed by atoms with Gasteiger partial charge in [-0.3, -0.25) is 9.69 Å². The van der Waals surface area contributed by atoms with Crippen molar-refractivity contribution in [3.05, 3.63) is 53.1 Å². The predicted molar refractivity (Wildman–Crippen MR) is 113 cm³/mol. The van der Waals surface area contributed by atoms with Crippen LogP contribution in [0.4, 0.5) is 5.69 Å². The predicted octanol–water partition coefficient (Wildman–Crippen LogP) is 3.76. The van der Waals surface area contributed by atoms with Crippen molar-refractivity contribution in [2.75, 3.05) is 12.4 Å². The van der Waals surface area contributed by atoms with Crippen LogP contribution in [0.1, 0.15) is 59.7 Å². The van der Waals surface area contributed by atoms with Gasteiger partial charge in [0.25, 0.3) is 11.7 Å². The molecule has 4 rings (SSSR count). The van der Waals surface area contributed by atoms with Crippen LogP contribution in [0.3, 0.4) is 0 Å². The van der Waals surface area contributed by atoms with Gasteiger partial charge in [-0.2, -0.15) is 4.98 Å². The quantitative estimate of drug-likeness (QED) is 0.716. The highest BCUT2D eigenvalue weighted by Gasteiger charge is 2.20. The molecule has 0 radical (unpaired) electrons. The van der Waals surface area contributed by atoms with Crippen LogP contribution in [-0.4, -0.2) is 43.5 Å². The van der Waals surface area contributed by atoms with Crippen LogP contribution in [0, 0.1) is 13.8 Å². The number of fused-ring (bicyclic) bond motifs is 1. The van der Waals surface area contributed by atoms with Crippen molar-refractivity contribution in [2.45, 2.75) is 58.5 Å². The first kappa shape index (κ1) is 19.5. The molecule has 152 valence electrons. The summed E-state index contributed by atoms with van der Waals surface area (Å²) in [6.07, 6.45) is 6.46. The summed E-state index contributed by atoms with van der Waals surface area (Å²) in [6, 6.07) is 10.5. The largest absolute Gasteiger partial charge is 0.319 e. The highest BCUT2D eigenvalue weighted by atomic mass is 16.2. The number of aromatic nitrogens is 4. The first-order chi connectivity index (χ1) is 14.0. The number of hydrogen-bond acceptors (Lipinski definition) is 5. The maximum atomic E-state index is 12.8. The Morgan fingerprint density at radius 2 is 1.93 bits per heavy atom. The van der Waals surface area contributed by atoms with Crippen molar-refractivity contribution in [3.8, 4) is 0 Å². The molecule has 0 unspecified atom stereocenters. The second kappa shape index (κ2) is 8.29. The summed E-state index contributed by atoms with van der Waals surface area (Å²) in [4.78, 5) is 23.9. The standard InChI is InChI=1S/C22H28N6O/c1-15-13-16(2)28-22(23-15)25-20(26-28)21(29)24-19-12-8-7-9-17(19)14-27(3)18-10-5-4-6-11-18/h7-9,12-13,18H,4-6,10-11,14H2,1-3H3,(H,24,29). The molecule has 7 nitrogen and oxygen atoms in total. The van der Waals surface area contributed by atoms with E-state index in [1.54, 1.807) is 4.52 Å². The lowest BCUT2D eigenvalue weighted by atomic mass is 9.94. The molecule has 1 fully saturated rings. The fourth-order valence-electron chi connectivity index (χ4n) is 4.14. The zero-order valence-corrected chi connectivity index (χ0v) is 17.4. The zero-order valence-electron chi connectivity index (χ0n) is 17.4. The molecule has 1 saturated carbocycles. The lowest BCUT2D eigenvalue weighted by Crippen LogP contribution is -2.33. The average Bonchev–Trinajstić information content (AvgIpc) is 3.15. The molecule has 1 aliphatic rings. The normalized spacial score (nSPS) is 15.2. The molecule has 1 N–H and O–H groups in total. The van der Waals surface area contributed by atoms with Gasteiger partial charge in [0.15, 0.2) is 0 Å². The highest BCUT2D eigenvalue weighted by Crippen LogP contribution is 2.25. The molecule has 1 aromatic carbocycles. The summed E-state index contributed by atoms with van der Waals surface area (Å²) in [6.45, 7) is 4.63. The molecule has 2 aromatic heterocycles. The van der Waals surface area contributed by atoms with E-state index in [0.29, 0.717) is 11.8 Å². The minimum Gasteiger partial charge on any atom is -0.319 e. The lowest BCUT2D eigenvalue weighted by molar-refractivity contribution is 0.101. The van der Waals surface area contributed by atoms with Crippen LogP contribution in [0.2, 0.25) is 0 Å². The minimum absolute atomic E-state index is 0.127. The minimum atomic E-state index is -0.319. The summed E-state index contributed by atoms with van der Waals surface area (Å²) in [5.41, 5.74) is 3.65. The van der Waals surface area contributed by atoms with Crippen molar-refractivity contribution in [1.82, 2.24) is 24.5 Å². The number of nitrogens with one attached hydrogen (secondary N) is 1. The van der Waals surface area contributed by atoms with E-state index >= 15 is 0 Å². The van der Waals surface area contributed by atoms with E-state index in [9.17, 15) is 4.79 Å². The summed E-state index contributed by atoms with van der Waals surface area (Å²) in [5, 5.41) is 7.33. The summed E-state index contributed by atoms with van der Waals surface area (Å²) in [7, 11) is 2.18. The van der Waals surface area contributed by atoms with Gasteiger partial charge in [-0.15, -0.1) is 5.10 Å². The first-order valence-electron chi connectivity index (χ1n) is 10.3. The van der Waals surface area contributed by atoms with E-state index in [4.69, 9.17) is 0 Å². The average molecular weight is 393 g/mol. The molecule has 2 heterocycles. The molecule has 7 heteroatoms. The van der Waals surface area contributed by atoms with Gasteiger partial charge in [0.2, 0.25) is 5.82 Å². The van der Waals surface area contributed by atoms with E-state index in [0.717, 1.165) is 29.2 Å². The summed E-state index contributed by atoms with van der Waals surface area (Å²) >= 11 is 0. The SMILES string of the molecule is Cc1cc(C)n2nc(C(=O)Nc3ccccc3CN(C)C3CCCCC3)nc2n1. The van der Waals surface area contributed by atoms with Gasteiger partial charge in [0, 0.05) is 29.7 Å². The van der Waals surface area contributed by atoms with Crippen molar-refractivity contribution < 1.29 is 4.79 Å². The number of para-hydroxylation sites is 1. The Labute approximate surface area is 171 Å². The second-order valence-corrected chi connectivity index (χ2v) is 8.00. The number of hydrogen-bond donors (Lipinski definition) is 1. The number of aryl methyl sites for hydroxylation is 2. The van der Waals surface area contributed by atoms with E-state index in [2.05, 4.69) is 38.4 Å². The summed E-state index contributed by atoms with van der Waals surface area (Å²) in [5.74, 6) is 0.250. The Hall–Kier alpha value is -2.80. The summed E-state index contributed by atoms with van der Waals surface area (Å²) < 4.78 is 1.60. The Kier molecular flexibility index (Phi) is 5.58. The molecular weight excluding hydrogens is 364 g/mol. The van der Waals surface area contributed by atoms with Gasteiger partial charge < -0.3 is 5.32 Å². The van der Waals surface area contributed by atoms with Crippen molar-refractivity contribution in [3.63, 3.8) is 0 Å². The van der Waals surface area contributed by atoms with E-state index in [1.807, 2.05) is 38.1 Å². The third-order valence-corrected chi connectivity index (χ3v) is 5.70. The molecular formula is C22H28N6O. The van der Waals surface area contributed by atoms with Crippen molar-refractivity contribution in [2.24, 2.45) is 0 Å². The van der Waals surface area contributed by atoms with Gasteiger partial charge in [0.05, 0.1) is 0 Å². The smallest absolute Gasteiger partial charge is 0.295 e. The number of benzene rings is 1. The number of nitrogens with zero attached hydrogens (tertiary/aromatic N) is 5. The van der Waals surface area contributed by atoms with Gasteiger partial charge in [-0.05, 0) is 51.4 Å². The van der Waals surface area contributed by atoms with Crippen LogP contribution in [0.25, 0.3) is 5.78 Å². The molecule has 1 aliphatic carbocycles. The van der Waals surface area contributed by atoms with Crippen LogP contribution < -0.4 is 5.32 Å². The molecule has 29 heavy (non-hydrogen) atoms. The zero-order chi connectivity index (χ0) is 20.4. The Balaban J connectivity index is 1.52. The molecule has 0 aliphatic heterocycles. The Morgan fingerprint density at radius 3 is 2.72 bits per heavy atom. The van der Waals surface area contributed by atoms with Crippen LogP contribution >= 0.6 is 0 Å². The van der Waals surface area contributed by atoms with Crippen LogP contribution in [-0.2, 0) is 6.54 Å². The second-order valence-electron chi connectivity index (χ2n) is 8.00. The maximum Gasteiger partial charge on any atom is 0.295 e. The molecule has 0 bridgehead atoms. The van der Waals surface area contributed by atoms with E-state index in [-0.39, 0.29) is 11.7 Å². The number of rotatable bonds is 5. The van der Waals surface area contributed by atoms with E-state index in [1.165, 1.54) is 32.1 Å². The fourth-order valence-corrected chi connectivity index (χ4v) is 4.14. The topological polar surface area (TPSA) is 75.4 Å². The third-order valence-electron chi connectivity index (χ3n) is 5.70. The molecule has 3 aromatic rings. The highest BCUT2D eigenvalue weighted by molar-refractivity contribution is 6.02. The maximum absolute atomic E-state index is 12.8. The van der Waals surface area contributed by atoms with Gasteiger partial charge in [0.1, 0.15) is 0 Å². The molecule has 0 saturated heterocycles. The fraction of sp³-hybridized carbons (Fsp3) is 0.455. The van der Waals surface area contributed by atoms with Crippen LogP contribution in [0.15, 0.2) is 30.3 Å². The Bertz CT molecular complexity index is 1020. The van der Waals surface area contributed by atoms with E-state index < -0.39 is 0 Å². The monoisotopic (exact) mass is 392 g/mol. The first-order valence-corrected chi connectivity index (χ1v) is 10.3. The van der Waals surface area contributed by atoms with Crippen molar-refractivity contribution >= 4 is 17.4 Å². The third kappa shape index (κ3) is 4.29. The van der Waals surface area contributed by atoms with Gasteiger partial charge in [-0.1, -0.05) is 37.5 Å². The number of carbonyl (C=O) groups is 1. The van der Waals surface area contributed by atoms with Crippen LogP contribution in [0.5, 0.6) is 0 Å². The number of anilines is 1. The number of carbonyl (C=O) groups excluding carboxylic acids is 1. The molecule has 0 atom stereocenters. The van der Waals surface area contributed by atoms with Crippen molar-refractivity contribution in [1.29, 1.82) is 0 Å².